The number of aliphatic hydroxyl groups is 1. The minimum absolute atomic E-state index is 0.0955. The lowest BCUT2D eigenvalue weighted by Gasteiger charge is -2.22. The summed E-state index contributed by atoms with van der Waals surface area (Å²) in [4.78, 5) is 1.33. The van der Waals surface area contributed by atoms with Crippen molar-refractivity contribution in [2.75, 3.05) is 5.75 Å². The van der Waals surface area contributed by atoms with Gasteiger partial charge in [-0.1, -0.05) is 39.3 Å². The molecule has 1 aromatic rings. The van der Waals surface area contributed by atoms with Gasteiger partial charge in [-0.25, -0.2) is 0 Å². The second kappa shape index (κ2) is 9.43. The van der Waals surface area contributed by atoms with Crippen LogP contribution in [0.4, 0.5) is 0 Å². The normalized spacial score (nSPS) is 15.8. The molecular formula is C17H29NOS. The summed E-state index contributed by atoms with van der Waals surface area (Å²) in [6.45, 7) is 6.46. The van der Waals surface area contributed by atoms with E-state index in [1.165, 1.54) is 22.6 Å². The van der Waals surface area contributed by atoms with Crippen molar-refractivity contribution < 1.29 is 5.11 Å². The van der Waals surface area contributed by atoms with E-state index < -0.39 is 6.10 Å². The maximum atomic E-state index is 10.1. The van der Waals surface area contributed by atoms with Crippen LogP contribution in [0.25, 0.3) is 0 Å². The van der Waals surface area contributed by atoms with Crippen molar-refractivity contribution in [3.05, 3.63) is 29.8 Å². The molecule has 1 rings (SSSR count). The van der Waals surface area contributed by atoms with Gasteiger partial charge in [0.15, 0.2) is 0 Å². The van der Waals surface area contributed by atoms with E-state index in [2.05, 4.69) is 45.0 Å². The van der Waals surface area contributed by atoms with Crippen LogP contribution in [0.5, 0.6) is 0 Å². The molecular weight excluding hydrogens is 266 g/mol. The molecule has 0 amide bonds. The van der Waals surface area contributed by atoms with Crippen molar-refractivity contribution in [1.82, 2.24) is 0 Å². The van der Waals surface area contributed by atoms with Crippen LogP contribution in [0.2, 0.25) is 0 Å². The summed E-state index contributed by atoms with van der Waals surface area (Å²) >= 11 is 1.90. The highest BCUT2D eigenvalue weighted by atomic mass is 32.2. The van der Waals surface area contributed by atoms with Crippen molar-refractivity contribution in [3.8, 4) is 0 Å². The van der Waals surface area contributed by atoms with Crippen LogP contribution in [-0.2, 0) is 0 Å². The third kappa shape index (κ3) is 5.86. The van der Waals surface area contributed by atoms with Crippen LogP contribution in [0.15, 0.2) is 29.2 Å². The number of nitrogens with two attached hydrogens (primary N) is 1. The standard InChI is InChI=1S/C17H29NOS/c1-4-6-16(18)17(19)12-13(3)14-7-9-15(10-8-14)20-11-5-2/h7-10,13,16-17,19H,4-6,11-12,18H2,1-3H3. The van der Waals surface area contributed by atoms with Gasteiger partial charge in [0, 0.05) is 10.9 Å². The number of hydrogen-bond acceptors (Lipinski definition) is 3. The molecule has 0 saturated carbocycles. The Labute approximate surface area is 128 Å². The maximum Gasteiger partial charge on any atom is 0.0696 e. The lowest BCUT2D eigenvalue weighted by atomic mass is 9.91. The van der Waals surface area contributed by atoms with Gasteiger partial charge in [0.05, 0.1) is 6.10 Å². The number of aliphatic hydroxyl groups excluding tert-OH is 1. The monoisotopic (exact) mass is 295 g/mol. The Hall–Kier alpha value is -0.510. The zero-order valence-electron chi connectivity index (χ0n) is 13.0. The molecule has 1 aromatic carbocycles. The van der Waals surface area contributed by atoms with Crippen molar-refractivity contribution in [2.24, 2.45) is 5.73 Å². The van der Waals surface area contributed by atoms with Gasteiger partial charge in [-0.3, -0.25) is 0 Å². The van der Waals surface area contributed by atoms with Crippen LogP contribution in [0.3, 0.4) is 0 Å². The van der Waals surface area contributed by atoms with Crippen LogP contribution < -0.4 is 5.73 Å². The van der Waals surface area contributed by atoms with E-state index in [0.29, 0.717) is 5.92 Å². The molecule has 2 nitrogen and oxygen atoms in total. The maximum absolute atomic E-state index is 10.1. The highest BCUT2D eigenvalue weighted by Gasteiger charge is 2.18. The van der Waals surface area contributed by atoms with Crippen molar-refractivity contribution in [3.63, 3.8) is 0 Å². The summed E-state index contributed by atoms with van der Waals surface area (Å²) < 4.78 is 0. The third-order valence-electron chi connectivity index (χ3n) is 3.63. The van der Waals surface area contributed by atoms with E-state index in [4.69, 9.17) is 5.73 Å². The number of benzene rings is 1. The topological polar surface area (TPSA) is 46.2 Å². The molecule has 3 N–H and O–H groups in total. The largest absolute Gasteiger partial charge is 0.391 e. The molecule has 114 valence electrons. The fourth-order valence-corrected chi connectivity index (χ4v) is 3.08. The minimum Gasteiger partial charge on any atom is -0.391 e. The molecule has 0 radical (unpaired) electrons. The molecule has 0 aliphatic rings. The fraction of sp³-hybridized carbons (Fsp3) is 0.647. The summed E-state index contributed by atoms with van der Waals surface area (Å²) in [6, 6.07) is 8.64. The molecule has 0 fully saturated rings. The van der Waals surface area contributed by atoms with Crippen molar-refractivity contribution in [1.29, 1.82) is 0 Å². The fourth-order valence-electron chi connectivity index (χ4n) is 2.31. The smallest absolute Gasteiger partial charge is 0.0696 e. The molecule has 3 atom stereocenters. The first kappa shape index (κ1) is 17.5. The summed E-state index contributed by atoms with van der Waals surface area (Å²) in [5.41, 5.74) is 7.27. The summed E-state index contributed by atoms with van der Waals surface area (Å²) in [5, 5.41) is 10.1. The highest BCUT2D eigenvalue weighted by molar-refractivity contribution is 7.99. The summed E-state index contributed by atoms with van der Waals surface area (Å²) in [5.74, 6) is 1.51. The molecule has 0 heterocycles. The molecule has 3 heteroatoms. The molecule has 0 spiro atoms. The first-order valence-corrected chi connectivity index (χ1v) is 8.73. The second-order valence-electron chi connectivity index (χ2n) is 5.57. The van der Waals surface area contributed by atoms with Crippen LogP contribution in [0.1, 0.15) is 57.9 Å². The van der Waals surface area contributed by atoms with Crippen LogP contribution >= 0.6 is 11.8 Å². The zero-order chi connectivity index (χ0) is 15.0. The van der Waals surface area contributed by atoms with E-state index in [9.17, 15) is 5.11 Å². The number of hydrogen-bond donors (Lipinski definition) is 2. The predicted octanol–water partition coefficient (Wildman–Crippen LogP) is 4.17. The Kier molecular flexibility index (Phi) is 8.27. The quantitative estimate of drug-likeness (QED) is 0.672. The van der Waals surface area contributed by atoms with Gasteiger partial charge < -0.3 is 10.8 Å². The van der Waals surface area contributed by atoms with Gasteiger partial charge in [-0.15, -0.1) is 11.8 Å². The minimum atomic E-state index is -0.404. The van der Waals surface area contributed by atoms with Gasteiger partial charge in [0.2, 0.25) is 0 Å². The molecule has 0 saturated heterocycles. The summed E-state index contributed by atoms with van der Waals surface area (Å²) in [6.07, 6.45) is 3.45. The van der Waals surface area contributed by atoms with E-state index in [1.807, 2.05) is 11.8 Å². The molecule has 3 unspecified atom stereocenters. The Morgan fingerprint density at radius 3 is 2.35 bits per heavy atom. The Bertz CT molecular complexity index is 366. The summed E-state index contributed by atoms with van der Waals surface area (Å²) in [7, 11) is 0. The van der Waals surface area contributed by atoms with E-state index in [1.54, 1.807) is 0 Å². The SMILES string of the molecule is CCCSc1ccc(C(C)CC(O)C(N)CCC)cc1. The van der Waals surface area contributed by atoms with Gasteiger partial charge in [0.1, 0.15) is 0 Å². The first-order valence-electron chi connectivity index (χ1n) is 7.74. The van der Waals surface area contributed by atoms with Gasteiger partial charge in [-0.2, -0.15) is 0 Å². The van der Waals surface area contributed by atoms with E-state index >= 15 is 0 Å². The molecule has 20 heavy (non-hydrogen) atoms. The second-order valence-corrected chi connectivity index (χ2v) is 6.74. The lowest BCUT2D eigenvalue weighted by Crippen LogP contribution is -2.35. The zero-order valence-corrected chi connectivity index (χ0v) is 13.8. The third-order valence-corrected chi connectivity index (χ3v) is 4.85. The number of thioether (sulfide) groups is 1. The average Bonchev–Trinajstić information content (AvgIpc) is 2.45. The molecule has 0 aromatic heterocycles. The Morgan fingerprint density at radius 1 is 1.15 bits per heavy atom. The lowest BCUT2D eigenvalue weighted by molar-refractivity contribution is 0.124. The predicted molar refractivity (Wildman–Crippen MR) is 89.4 cm³/mol. The van der Waals surface area contributed by atoms with Crippen molar-refractivity contribution >= 4 is 11.8 Å². The van der Waals surface area contributed by atoms with E-state index in [-0.39, 0.29) is 6.04 Å². The highest BCUT2D eigenvalue weighted by Crippen LogP contribution is 2.25. The molecule has 0 aliphatic heterocycles. The van der Waals surface area contributed by atoms with Gasteiger partial charge >= 0.3 is 0 Å². The molecule has 0 aliphatic carbocycles. The Balaban J connectivity index is 2.52. The van der Waals surface area contributed by atoms with Crippen LogP contribution in [0, 0.1) is 0 Å². The van der Waals surface area contributed by atoms with Crippen LogP contribution in [-0.4, -0.2) is 23.0 Å². The van der Waals surface area contributed by atoms with Gasteiger partial charge in [-0.05, 0) is 48.6 Å². The molecule has 0 bridgehead atoms. The Morgan fingerprint density at radius 2 is 1.80 bits per heavy atom. The van der Waals surface area contributed by atoms with Crippen molar-refractivity contribution in [2.45, 2.75) is 69.4 Å². The van der Waals surface area contributed by atoms with Gasteiger partial charge in [0.25, 0.3) is 0 Å². The average molecular weight is 295 g/mol. The van der Waals surface area contributed by atoms with E-state index in [0.717, 1.165) is 19.3 Å². The first-order chi connectivity index (χ1) is 9.58. The number of rotatable bonds is 9.